The molecule has 0 spiro atoms. The Bertz CT molecular complexity index is 1220. The maximum absolute atomic E-state index is 12.3. The molecule has 0 saturated heterocycles. The van der Waals surface area contributed by atoms with Gasteiger partial charge in [0, 0.05) is 29.0 Å². The third-order valence-corrected chi connectivity index (χ3v) is 6.61. The Morgan fingerprint density at radius 1 is 1.12 bits per heavy atom. The number of carbonyl (C=O) groups excluding carboxylic acids is 1. The fourth-order valence-corrected chi connectivity index (χ4v) is 4.87. The monoisotopic (exact) mass is 442 g/mol. The molecule has 2 aliphatic rings. The van der Waals surface area contributed by atoms with E-state index in [2.05, 4.69) is 51.2 Å². The smallest absolute Gasteiger partial charge is 0.272 e. The first-order valence-corrected chi connectivity index (χ1v) is 11.1. The molecule has 1 amide bonds. The van der Waals surface area contributed by atoms with Crippen molar-refractivity contribution in [3.05, 3.63) is 106 Å². The zero-order valence-electron chi connectivity index (χ0n) is 17.6. The van der Waals surface area contributed by atoms with Crippen molar-refractivity contribution in [1.29, 1.82) is 0 Å². The molecule has 1 aliphatic carbocycles. The lowest BCUT2D eigenvalue weighted by molar-refractivity contribution is 0.0954. The summed E-state index contributed by atoms with van der Waals surface area (Å²) in [6, 6.07) is 18.0. The zero-order chi connectivity index (χ0) is 22.1. The minimum absolute atomic E-state index is 0.163. The number of hydrazone groups is 1. The number of anilines is 1. The molecular weight excluding hydrogens is 420 g/mol. The van der Waals surface area contributed by atoms with E-state index in [-0.39, 0.29) is 11.9 Å². The van der Waals surface area contributed by atoms with Gasteiger partial charge in [-0.25, -0.2) is 5.43 Å². The Morgan fingerprint density at radius 3 is 2.81 bits per heavy atom. The second kappa shape index (κ2) is 8.60. The summed E-state index contributed by atoms with van der Waals surface area (Å²) in [5, 5.41) is 8.83. The molecule has 6 heteroatoms. The van der Waals surface area contributed by atoms with Gasteiger partial charge in [-0.3, -0.25) is 9.78 Å². The molecule has 3 atom stereocenters. The number of carbonyl (C=O) groups is 1. The third-order valence-electron chi connectivity index (χ3n) is 6.27. The number of amides is 1. The number of rotatable bonds is 4. The third kappa shape index (κ3) is 3.80. The van der Waals surface area contributed by atoms with Crippen molar-refractivity contribution in [3.8, 4) is 0 Å². The molecule has 5 nitrogen and oxygen atoms in total. The summed E-state index contributed by atoms with van der Waals surface area (Å²) >= 11 is 6.53. The average Bonchev–Trinajstić information content (AvgIpc) is 3.33. The van der Waals surface area contributed by atoms with Crippen LogP contribution in [0.5, 0.6) is 0 Å². The van der Waals surface area contributed by atoms with E-state index in [4.69, 9.17) is 11.6 Å². The van der Waals surface area contributed by atoms with Crippen LogP contribution in [0, 0.1) is 5.92 Å². The largest absolute Gasteiger partial charge is 0.378 e. The lowest BCUT2D eigenvalue weighted by atomic mass is 9.76. The maximum Gasteiger partial charge on any atom is 0.272 e. The van der Waals surface area contributed by atoms with E-state index in [0.29, 0.717) is 17.4 Å². The highest BCUT2D eigenvalue weighted by Crippen LogP contribution is 2.50. The summed E-state index contributed by atoms with van der Waals surface area (Å²) in [5.74, 6) is 0.434. The first-order valence-electron chi connectivity index (χ1n) is 10.7. The van der Waals surface area contributed by atoms with Gasteiger partial charge in [-0.2, -0.15) is 5.10 Å². The molecule has 0 fully saturated rings. The van der Waals surface area contributed by atoms with Crippen molar-refractivity contribution < 1.29 is 4.79 Å². The van der Waals surface area contributed by atoms with E-state index >= 15 is 0 Å². The summed E-state index contributed by atoms with van der Waals surface area (Å²) in [6.45, 7) is 1.90. The van der Waals surface area contributed by atoms with Crippen LogP contribution in [0.25, 0.3) is 0 Å². The summed E-state index contributed by atoms with van der Waals surface area (Å²) < 4.78 is 0. The maximum atomic E-state index is 12.3. The Labute approximate surface area is 192 Å². The van der Waals surface area contributed by atoms with Crippen LogP contribution in [0.2, 0.25) is 5.02 Å². The Hall–Kier alpha value is -3.44. The summed E-state index contributed by atoms with van der Waals surface area (Å²) in [7, 11) is 0. The highest BCUT2D eigenvalue weighted by molar-refractivity contribution is 6.31. The van der Waals surface area contributed by atoms with Crippen molar-refractivity contribution >= 4 is 28.9 Å². The molecule has 2 heterocycles. The molecule has 1 aliphatic heterocycles. The number of aromatic nitrogens is 1. The predicted octanol–water partition coefficient (Wildman–Crippen LogP) is 5.72. The van der Waals surface area contributed by atoms with E-state index in [1.807, 2.05) is 31.2 Å². The van der Waals surface area contributed by atoms with Crippen molar-refractivity contribution in [1.82, 2.24) is 10.4 Å². The van der Waals surface area contributed by atoms with Crippen LogP contribution >= 0.6 is 11.6 Å². The van der Waals surface area contributed by atoms with Gasteiger partial charge in [-0.1, -0.05) is 48.0 Å². The van der Waals surface area contributed by atoms with E-state index in [0.717, 1.165) is 34.0 Å². The van der Waals surface area contributed by atoms with E-state index in [9.17, 15) is 4.79 Å². The van der Waals surface area contributed by atoms with Crippen molar-refractivity contribution in [2.24, 2.45) is 11.0 Å². The summed E-state index contributed by atoms with van der Waals surface area (Å²) in [6.07, 6.45) is 8.72. The molecule has 160 valence electrons. The fraction of sp³-hybridized carbons (Fsp3) is 0.192. The molecule has 5 rings (SSSR count). The van der Waals surface area contributed by atoms with E-state index in [1.54, 1.807) is 18.3 Å². The molecule has 0 saturated carbocycles. The van der Waals surface area contributed by atoms with Crippen LogP contribution < -0.4 is 10.7 Å². The molecule has 3 aromatic rings. The Balaban J connectivity index is 1.41. The number of benzene rings is 2. The fourth-order valence-electron chi connectivity index (χ4n) is 4.62. The number of hydrogen-bond acceptors (Lipinski definition) is 4. The standard InChI is InChI=1S/C26H23ClN4O/c1-16(30-31-26(32)18-6-5-13-28-15-18)17-11-12-24-22(14-17)19-8-4-9-20(19)25(29-24)21-7-2-3-10-23(21)27/h2-8,10-15,19-20,25,29H,9H2,1H3,(H,31,32)/b30-16-/t19-,20+,25-/m1/s1. The van der Waals surface area contributed by atoms with Gasteiger partial charge in [0.15, 0.2) is 0 Å². The number of halogens is 1. The molecule has 0 bridgehead atoms. The molecule has 2 aromatic carbocycles. The first kappa shape index (κ1) is 20.5. The van der Waals surface area contributed by atoms with Gasteiger partial charge in [0.2, 0.25) is 0 Å². The minimum atomic E-state index is -0.279. The van der Waals surface area contributed by atoms with Gasteiger partial charge in [-0.05, 0) is 66.3 Å². The van der Waals surface area contributed by atoms with Crippen LogP contribution in [0.4, 0.5) is 5.69 Å². The number of fused-ring (bicyclic) bond motifs is 3. The quantitative estimate of drug-likeness (QED) is 0.308. The summed E-state index contributed by atoms with van der Waals surface area (Å²) in [5.41, 5.74) is 8.32. The molecule has 2 N–H and O–H groups in total. The van der Waals surface area contributed by atoms with Gasteiger partial charge < -0.3 is 5.32 Å². The van der Waals surface area contributed by atoms with E-state index < -0.39 is 0 Å². The normalized spacial score (nSPS) is 21.4. The van der Waals surface area contributed by atoms with Gasteiger partial charge in [-0.15, -0.1) is 0 Å². The van der Waals surface area contributed by atoms with E-state index in [1.165, 1.54) is 11.8 Å². The number of allylic oxidation sites excluding steroid dienone is 2. The summed E-state index contributed by atoms with van der Waals surface area (Å²) in [4.78, 5) is 16.2. The average molecular weight is 443 g/mol. The van der Waals surface area contributed by atoms with Crippen molar-refractivity contribution in [3.63, 3.8) is 0 Å². The second-order valence-electron chi connectivity index (χ2n) is 8.18. The van der Waals surface area contributed by atoms with Crippen LogP contribution in [0.15, 0.2) is 84.2 Å². The van der Waals surface area contributed by atoms with Crippen molar-refractivity contribution in [2.75, 3.05) is 5.32 Å². The minimum Gasteiger partial charge on any atom is -0.378 e. The van der Waals surface area contributed by atoms with Crippen LogP contribution in [-0.4, -0.2) is 16.6 Å². The van der Waals surface area contributed by atoms with Crippen molar-refractivity contribution in [2.45, 2.75) is 25.3 Å². The highest BCUT2D eigenvalue weighted by Gasteiger charge is 2.38. The number of nitrogens with one attached hydrogen (secondary N) is 2. The Morgan fingerprint density at radius 2 is 2.00 bits per heavy atom. The van der Waals surface area contributed by atoms with Gasteiger partial charge in [0.05, 0.1) is 17.3 Å². The van der Waals surface area contributed by atoms with Crippen LogP contribution in [0.1, 0.15) is 52.4 Å². The van der Waals surface area contributed by atoms with Crippen LogP contribution in [-0.2, 0) is 0 Å². The first-order chi connectivity index (χ1) is 15.6. The highest BCUT2D eigenvalue weighted by atomic mass is 35.5. The zero-order valence-corrected chi connectivity index (χ0v) is 18.4. The second-order valence-corrected chi connectivity index (χ2v) is 8.59. The SMILES string of the molecule is C/C(=N/NC(=O)c1cccnc1)c1ccc2c(c1)[C@@H]1C=CC[C@@H]1[C@H](c1ccccc1Cl)N2. The molecule has 0 unspecified atom stereocenters. The molecule has 0 radical (unpaired) electrons. The lowest BCUT2D eigenvalue weighted by Gasteiger charge is -2.38. The molecule has 32 heavy (non-hydrogen) atoms. The van der Waals surface area contributed by atoms with Crippen LogP contribution in [0.3, 0.4) is 0 Å². The number of hydrogen-bond donors (Lipinski definition) is 2. The Kier molecular flexibility index (Phi) is 5.50. The number of pyridine rings is 1. The van der Waals surface area contributed by atoms with Gasteiger partial charge >= 0.3 is 0 Å². The topological polar surface area (TPSA) is 66.4 Å². The number of nitrogens with zero attached hydrogens (tertiary/aromatic N) is 2. The predicted molar refractivity (Wildman–Crippen MR) is 128 cm³/mol. The molecular formula is C26H23ClN4O. The molecule has 1 aromatic heterocycles. The van der Waals surface area contributed by atoms with Gasteiger partial charge in [0.25, 0.3) is 5.91 Å². The lowest BCUT2D eigenvalue weighted by Crippen LogP contribution is -2.29. The van der Waals surface area contributed by atoms with Gasteiger partial charge in [0.1, 0.15) is 0 Å².